The van der Waals surface area contributed by atoms with Crippen molar-refractivity contribution in [2.24, 2.45) is 0 Å². The van der Waals surface area contributed by atoms with Crippen LogP contribution in [0.5, 0.6) is 5.75 Å². The molecular weight excluding hydrogens is 359 g/mol. The maximum absolute atomic E-state index is 13.2. The van der Waals surface area contributed by atoms with Crippen molar-refractivity contribution < 1.29 is 19.4 Å². The van der Waals surface area contributed by atoms with E-state index in [1.165, 1.54) is 17.0 Å². The van der Waals surface area contributed by atoms with Crippen LogP contribution in [0, 0.1) is 5.82 Å². The molecule has 0 aliphatic carbocycles. The van der Waals surface area contributed by atoms with Gasteiger partial charge in [-0.1, -0.05) is 12.1 Å². The highest BCUT2D eigenvalue weighted by molar-refractivity contribution is 6.07. The van der Waals surface area contributed by atoms with Crippen molar-refractivity contribution in [3.8, 4) is 5.75 Å². The number of rotatable bonds is 3. The lowest BCUT2D eigenvalue weighted by Crippen LogP contribution is -2.20. The Balaban J connectivity index is 1.93. The number of carbonyl (C=O) groups is 1. The molecule has 2 aromatic carbocycles. The number of phenolic OH excluding ortho intramolecular Hbond substituents is 1. The fraction of sp³-hybridized carbons (Fsp3) is 0.273. The summed E-state index contributed by atoms with van der Waals surface area (Å²) in [5, 5.41) is 22.2. The van der Waals surface area contributed by atoms with Crippen LogP contribution in [-0.2, 0) is 18.6 Å². The third kappa shape index (κ3) is 2.90. The van der Waals surface area contributed by atoms with Crippen molar-refractivity contribution in [2.75, 3.05) is 7.05 Å². The first-order valence-corrected chi connectivity index (χ1v) is 9.06. The average Bonchev–Trinajstić information content (AvgIpc) is 2.90. The van der Waals surface area contributed by atoms with Crippen LogP contribution < -0.4 is 0 Å². The number of pyridine rings is 1. The van der Waals surface area contributed by atoms with Crippen LogP contribution >= 0.6 is 0 Å². The van der Waals surface area contributed by atoms with Gasteiger partial charge in [-0.3, -0.25) is 9.78 Å². The molecular formula is C22H21FN2O3. The highest BCUT2D eigenvalue weighted by Crippen LogP contribution is 2.43. The summed E-state index contributed by atoms with van der Waals surface area (Å²) < 4.78 is 13.2. The molecule has 1 amide bonds. The molecule has 1 aliphatic heterocycles. The molecule has 0 bridgehead atoms. The molecule has 3 aromatic rings. The van der Waals surface area contributed by atoms with E-state index < -0.39 is 5.60 Å². The van der Waals surface area contributed by atoms with E-state index in [0.717, 1.165) is 11.1 Å². The van der Waals surface area contributed by atoms with Gasteiger partial charge in [0, 0.05) is 25.2 Å². The normalized spacial score (nSPS) is 14.0. The van der Waals surface area contributed by atoms with Gasteiger partial charge in [0.15, 0.2) is 5.75 Å². The summed E-state index contributed by atoms with van der Waals surface area (Å²) in [6.45, 7) is 3.64. The lowest BCUT2D eigenvalue weighted by Gasteiger charge is -2.24. The van der Waals surface area contributed by atoms with E-state index >= 15 is 0 Å². The Morgan fingerprint density at radius 3 is 2.54 bits per heavy atom. The number of aromatic hydroxyl groups is 1. The molecule has 0 saturated heterocycles. The summed E-state index contributed by atoms with van der Waals surface area (Å²) in [6, 6.07) is 8.12. The van der Waals surface area contributed by atoms with Gasteiger partial charge in [-0.2, -0.15) is 0 Å². The molecule has 5 nitrogen and oxygen atoms in total. The summed E-state index contributed by atoms with van der Waals surface area (Å²) in [6.07, 6.45) is 2.17. The molecule has 1 aliphatic rings. The third-order valence-electron chi connectivity index (χ3n) is 5.17. The minimum atomic E-state index is -1.22. The Morgan fingerprint density at radius 1 is 1.21 bits per heavy atom. The van der Waals surface area contributed by atoms with E-state index in [1.54, 1.807) is 39.2 Å². The topological polar surface area (TPSA) is 73.7 Å². The van der Waals surface area contributed by atoms with Crippen LogP contribution in [0.1, 0.15) is 46.5 Å². The number of benzene rings is 2. The lowest BCUT2D eigenvalue weighted by atomic mass is 9.86. The highest BCUT2D eigenvalue weighted by Gasteiger charge is 2.36. The van der Waals surface area contributed by atoms with Crippen LogP contribution in [-0.4, -0.2) is 33.1 Å². The van der Waals surface area contributed by atoms with Gasteiger partial charge < -0.3 is 15.1 Å². The monoisotopic (exact) mass is 380 g/mol. The first kappa shape index (κ1) is 18.4. The van der Waals surface area contributed by atoms with Crippen molar-refractivity contribution in [3.05, 3.63) is 70.2 Å². The summed E-state index contributed by atoms with van der Waals surface area (Å²) in [5.41, 5.74) is 2.30. The fourth-order valence-corrected chi connectivity index (χ4v) is 3.96. The molecule has 2 heterocycles. The standard InChI is InChI=1S/C22H21FN2O3/c1-22(2,28)18-15-9-13(8-12-4-6-14(23)7-5-12)10-24-19(15)20(26)17-16(18)11-25(3)21(17)27/h4-7,9-10,26,28H,8,11H2,1-3H3. The van der Waals surface area contributed by atoms with E-state index in [9.17, 15) is 19.4 Å². The van der Waals surface area contributed by atoms with Gasteiger partial charge in [0.2, 0.25) is 0 Å². The second-order valence-corrected chi connectivity index (χ2v) is 7.84. The zero-order valence-electron chi connectivity index (χ0n) is 16.0. The second kappa shape index (κ2) is 6.27. The van der Waals surface area contributed by atoms with E-state index in [4.69, 9.17) is 0 Å². The minimum absolute atomic E-state index is 0.152. The number of amides is 1. The van der Waals surface area contributed by atoms with Crippen LogP contribution in [0.4, 0.5) is 4.39 Å². The summed E-state index contributed by atoms with van der Waals surface area (Å²) in [7, 11) is 1.66. The first-order chi connectivity index (χ1) is 13.2. The maximum atomic E-state index is 13.2. The number of halogens is 1. The maximum Gasteiger partial charge on any atom is 0.258 e. The number of aliphatic hydroxyl groups is 1. The van der Waals surface area contributed by atoms with Gasteiger partial charge in [-0.15, -0.1) is 0 Å². The van der Waals surface area contributed by atoms with Gasteiger partial charge in [-0.25, -0.2) is 4.39 Å². The molecule has 28 heavy (non-hydrogen) atoms. The smallest absolute Gasteiger partial charge is 0.258 e. The molecule has 0 atom stereocenters. The molecule has 0 fully saturated rings. The molecule has 2 N–H and O–H groups in total. The quantitative estimate of drug-likeness (QED) is 0.730. The zero-order valence-corrected chi connectivity index (χ0v) is 16.0. The van der Waals surface area contributed by atoms with E-state index in [1.807, 2.05) is 6.07 Å². The van der Waals surface area contributed by atoms with Gasteiger partial charge >= 0.3 is 0 Å². The fourth-order valence-electron chi connectivity index (χ4n) is 3.96. The Morgan fingerprint density at radius 2 is 1.89 bits per heavy atom. The van der Waals surface area contributed by atoms with Crippen molar-refractivity contribution in [1.82, 2.24) is 9.88 Å². The molecule has 6 heteroatoms. The molecule has 0 saturated carbocycles. The Labute approximate surface area is 162 Å². The Hall–Kier alpha value is -2.99. The summed E-state index contributed by atoms with van der Waals surface area (Å²) in [4.78, 5) is 18.4. The van der Waals surface area contributed by atoms with Crippen LogP contribution in [0.3, 0.4) is 0 Å². The van der Waals surface area contributed by atoms with Crippen LogP contribution in [0.15, 0.2) is 36.5 Å². The van der Waals surface area contributed by atoms with Crippen LogP contribution in [0.2, 0.25) is 0 Å². The minimum Gasteiger partial charge on any atom is -0.505 e. The van der Waals surface area contributed by atoms with Gasteiger partial charge in [-0.05, 0) is 60.7 Å². The molecule has 0 unspecified atom stereocenters. The SMILES string of the molecule is CN1Cc2c(c(O)c3ncc(Cc4ccc(F)cc4)cc3c2C(C)(C)O)C1=O. The van der Waals surface area contributed by atoms with Crippen LogP contribution in [0.25, 0.3) is 10.9 Å². The lowest BCUT2D eigenvalue weighted by molar-refractivity contribution is 0.0776. The van der Waals surface area contributed by atoms with Gasteiger partial charge in [0.05, 0.1) is 11.2 Å². The van der Waals surface area contributed by atoms with Crippen molar-refractivity contribution >= 4 is 16.8 Å². The molecule has 4 rings (SSSR count). The largest absolute Gasteiger partial charge is 0.505 e. The predicted octanol–water partition coefficient (Wildman–Crippen LogP) is 3.48. The Bertz CT molecular complexity index is 1100. The molecule has 0 spiro atoms. The van der Waals surface area contributed by atoms with E-state index in [2.05, 4.69) is 4.98 Å². The van der Waals surface area contributed by atoms with Crippen molar-refractivity contribution in [3.63, 3.8) is 0 Å². The number of hydrogen-bond acceptors (Lipinski definition) is 4. The van der Waals surface area contributed by atoms with E-state index in [0.29, 0.717) is 35.0 Å². The summed E-state index contributed by atoms with van der Waals surface area (Å²) in [5.74, 6) is -0.725. The Kier molecular flexibility index (Phi) is 4.12. The van der Waals surface area contributed by atoms with Gasteiger partial charge in [0.1, 0.15) is 11.3 Å². The number of hydrogen-bond donors (Lipinski definition) is 2. The van der Waals surface area contributed by atoms with Crippen molar-refractivity contribution in [2.45, 2.75) is 32.4 Å². The number of carbonyl (C=O) groups excluding carboxylic acids is 1. The number of phenols is 1. The van der Waals surface area contributed by atoms with Crippen molar-refractivity contribution in [1.29, 1.82) is 0 Å². The number of fused-ring (bicyclic) bond motifs is 2. The highest BCUT2D eigenvalue weighted by atomic mass is 19.1. The molecule has 144 valence electrons. The first-order valence-electron chi connectivity index (χ1n) is 9.06. The van der Waals surface area contributed by atoms with Gasteiger partial charge in [0.25, 0.3) is 5.91 Å². The molecule has 1 aromatic heterocycles. The predicted molar refractivity (Wildman–Crippen MR) is 104 cm³/mol. The number of aromatic nitrogens is 1. The van der Waals surface area contributed by atoms with E-state index in [-0.39, 0.29) is 23.0 Å². The zero-order chi connectivity index (χ0) is 20.2. The summed E-state index contributed by atoms with van der Waals surface area (Å²) >= 11 is 0. The molecule has 0 radical (unpaired) electrons. The second-order valence-electron chi connectivity index (χ2n) is 7.84. The average molecular weight is 380 g/mol. The third-order valence-corrected chi connectivity index (χ3v) is 5.17. The number of nitrogens with zero attached hydrogens (tertiary/aromatic N) is 2.